The van der Waals surface area contributed by atoms with Crippen molar-refractivity contribution in [1.82, 2.24) is 15.1 Å². The van der Waals surface area contributed by atoms with E-state index in [0.717, 1.165) is 30.5 Å². The molecule has 0 saturated carbocycles. The Morgan fingerprint density at radius 2 is 1.69 bits per heavy atom. The maximum Gasteiger partial charge on any atom is 0.255 e. The first-order valence-corrected chi connectivity index (χ1v) is 14.2. The Hall–Kier alpha value is -4.11. The molecule has 0 bridgehead atoms. The van der Waals surface area contributed by atoms with Crippen LogP contribution < -0.4 is 10.1 Å². The number of hydrogen-bond donors (Lipinski definition) is 1. The zero-order chi connectivity index (χ0) is 29.8. The van der Waals surface area contributed by atoms with E-state index in [4.69, 9.17) is 4.74 Å². The maximum atomic E-state index is 14.2. The Labute approximate surface area is 243 Å². The van der Waals surface area contributed by atoms with E-state index in [-0.39, 0.29) is 47.6 Å². The predicted molar refractivity (Wildman–Crippen MR) is 154 cm³/mol. The number of nitrogens with zero attached hydrogens (tertiary/aromatic N) is 2. The summed E-state index contributed by atoms with van der Waals surface area (Å²) in [6.07, 6.45) is 5.23. The zero-order valence-corrected chi connectivity index (χ0v) is 23.7. The lowest BCUT2D eigenvalue weighted by Gasteiger charge is -2.39. The molecule has 42 heavy (non-hydrogen) atoms. The number of fused-ring (bicyclic) bond motifs is 1. The molecule has 3 aromatic rings. The normalized spacial score (nSPS) is 16.4. The number of benzene rings is 3. The minimum atomic E-state index is -0.849. The van der Waals surface area contributed by atoms with Gasteiger partial charge in [-0.2, -0.15) is 0 Å². The molecule has 1 atom stereocenters. The Morgan fingerprint density at radius 3 is 2.38 bits per heavy atom. The molecule has 2 aliphatic heterocycles. The summed E-state index contributed by atoms with van der Waals surface area (Å²) in [5, 5.41) is 3.50. The van der Waals surface area contributed by atoms with E-state index in [0.29, 0.717) is 30.8 Å². The van der Waals surface area contributed by atoms with Crippen LogP contribution in [0.15, 0.2) is 66.7 Å². The number of hydrogen-bond acceptors (Lipinski definition) is 4. The van der Waals surface area contributed by atoms with Gasteiger partial charge in [0.25, 0.3) is 5.91 Å². The van der Waals surface area contributed by atoms with Crippen molar-refractivity contribution in [3.05, 3.63) is 101 Å². The van der Waals surface area contributed by atoms with Gasteiger partial charge < -0.3 is 19.9 Å². The van der Waals surface area contributed by atoms with Gasteiger partial charge >= 0.3 is 0 Å². The van der Waals surface area contributed by atoms with Gasteiger partial charge in [0.2, 0.25) is 5.91 Å². The van der Waals surface area contributed by atoms with Crippen molar-refractivity contribution in [2.45, 2.75) is 45.3 Å². The summed E-state index contributed by atoms with van der Waals surface area (Å²) >= 11 is 0. The Balaban J connectivity index is 1.27. The number of likely N-dealkylation sites (tertiary alicyclic amines) is 1. The van der Waals surface area contributed by atoms with Gasteiger partial charge in [-0.15, -0.1) is 0 Å². The minimum absolute atomic E-state index is 0.0898. The summed E-state index contributed by atoms with van der Waals surface area (Å²) < 4.78 is 46.3. The maximum absolute atomic E-state index is 14.2. The van der Waals surface area contributed by atoms with Crippen molar-refractivity contribution in [3.8, 4) is 11.5 Å². The fraction of sp³-hybridized carbons (Fsp3) is 0.333. The molecular weight excluding hydrogens is 543 g/mol. The van der Waals surface area contributed by atoms with Crippen LogP contribution in [0.4, 0.5) is 13.2 Å². The van der Waals surface area contributed by atoms with Gasteiger partial charge in [-0.3, -0.25) is 9.59 Å². The molecule has 220 valence electrons. The average Bonchev–Trinajstić information content (AvgIpc) is 3.13. The van der Waals surface area contributed by atoms with Crippen LogP contribution in [0, 0.1) is 23.4 Å². The number of piperidine rings is 1. The number of ether oxygens (including phenoxy) is 1. The Morgan fingerprint density at radius 1 is 0.976 bits per heavy atom. The highest BCUT2D eigenvalue weighted by atomic mass is 19.1. The second kappa shape index (κ2) is 12.8. The number of carbonyl (C=O) groups excluding carboxylic acids is 2. The van der Waals surface area contributed by atoms with Gasteiger partial charge in [0.15, 0.2) is 11.6 Å². The molecule has 1 N–H and O–H groups in total. The van der Waals surface area contributed by atoms with Crippen LogP contribution >= 0.6 is 0 Å². The van der Waals surface area contributed by atoms with E-state index >= 15 is 0 Å². The lowest BCUT2D eigenvalue weighted by molar-refractivity contribution is -0.138. The third kappa shape index (κ3) is 6.68. The predicted octanol–water partition coefficient (Wildman–Crippen LogP) is 6.17. The fourth-order valence-corrected chi connectivity index (χ4v) is 5.52. The van der Waals surface area contributed by atoms with Crippen molar-refractivity contribution in [3.63, 3.8) is 0 Å². The highest BCUT2D eigenvalue weighted by Crippen LogP contribution is 2.30. The number of halogens is 3. The first-order valence-electron chi connectivity index (χ1n) is 14.2. The number of carbonyl (C=O) groups is 2. The second-order valence-corrected chi connectivity index (χ2v) is 11.1. The third-order valence-electron chi connectivity index (χ3n) is 7.77. The molecule has 5 rings (SSSR count). The van der Waals surface area contributed by atoms with E-state index in [9.17, 15) is 22.8 Å². The molecule has 0 spiro atoms. The molecule has 3 aromatic carbocycles. The smallest absolute Gasteiger partial charge is 0.255 e. The van der Waals surface area contributed by atoms with Crippen molar-refractivity contribution in [2.24, 2.45) is 5.92 Å². The van der Waals surface area contributed by atoms with E-state index < -0.39 is 17.7 Å². The summed E-state index contributed by atoms with van der Waals surface area (Å²) in [4.78, 5) is 31.2. The van der Waals surface area contributed by atoms with Gasteiger partial charge in [0.1, 0.15) is 23.4 Å². The molecule has 1 unspecified atom stereocenters. The molecular formula is C33H34F3N3O3. The monoisotopic (exact) mass is 577 g/mol. The lowest BCUT2D eigenvalue weighted by Crippen LogP contribution is -2.55. The quantitative estimate of drug-likeness (QED) is 0.348. The Kier molecular flexibility index (Phi) is 8.97. The second-order valence-electron chi connectivity index (χ2n) is 11.1. The van der Waals surface area contributed by atoms with E-state index in [1.54, 1.807) is 29.2 Å². The zero-order valence-electron chi connectivity index (χ0n) is 23.7. The van der Waals surface area contributed by atoms with Crippen LogP contribution in [0.5, 0.6) is 11.5 Å². The number of nitrogens with one attached hydrogen (secondary N) is 1. The van der Waals surface area contributed by atoms with Crippen molar-refractivity contribution < 1.29 is 27.5 Å². The summed E-state index contributed by atoms with van der Waals surface area (Å²) in [5.41, 5.74) is 2.00. The van der Waals surface area contributed by atoms with E-state index in [1.807, 2.05) is 30.9 Å². The molecule has 2 amide bonds. The highest BCUT2D eigenvalue weighted by Gasteiger charge is 2.37. The van der Waals surface area contributed by atoms with Crippen LogP contribution in [0.2, 0.25) is 0 Å². The van der Waals surface area contributed by atoms with Crippen LogP contribution in [-0.2, 0) is 11.3 Å². The van der Waals surface area contributed by atoms with E-state index in [2.05, 4.69) is 5.32 Å². The van der Waals surface area contributed by atoms with Gasteiger partial charge in [-0.25, -0.2) is 13.2 Å². The average molecular weight is 578 g/mol. The topological polar surface area (TPSA) is 61.9 Å². The summed E-state index contributed by atoms with van der Waals surface area (Å²) in [6, 6.07) is 13.9. The highest BCUT2D eigenvalue weighted by molar-refractivity contribution is 6.01. The largest absolute Gasteiger partial charge is 0.454 e. The molecule has 0 aliphatic carbocycles. The molecule has 9 heteroatoms. The summed E-state index contributed by atoms with van der Waals surface area (Å²) in [6.45, 7) is 5.89. The standard InChI is InChI=1S/C33H34F3N3O3/c1-21(2)31(33(41)38-16-13-26(14-17-38)37-20-22-5-8-24(34)9-6-22)39-15-3-4-23-7-11-27(19-28(23)32(39)40)42-30-12-10-25(35)18-29(30)36/h3-12,18-19,21,26,31,37H,13-17,20H2,1-2H3. The van der Waals surface area contributed by atoms with Gasteiger partial charge in [0, 0.05) is 38.3 Å². The fourth-order valence-electron chi connectivity index (χ4n) is 5.52. The third-order valence-corrected chi connectivity index (χ3v) is 7.77. The van der Waals surface area contributed by atoms with Crippen LogP contribution in [0.1, 0.15) is 48.2 Å². The molecule has 2 heterocycles. The first-order chi connectivity index (χ1) is 20.2. The summed E-state index contributed by atoms with van der Waals surface area (Å²) in [7, 11) is 0. The molecule has 0 radical (unpaired) electrons. The molecule has 1 saturated heterocycles. The van der Waals surface area contributed by atoms with Crippen molar-refractivity contribution >= 4 is 17.9 Å². The molecule has 6 nitrogen and oxygen atoms in total. The van der Waals surface area contributed by atoms with Crippen LogP contribution in [0.25, 0.3) is 6.08 Å². The molecule has 1 fully saturated rings. The van der Waals surface area contributed by atoms with Crippen LogP contribution in [0.3, 0.4) is 0 Å². The SMILES string of the molecule is CC(C)C(C(=O)N1CCC(NCc2ccc(F)cc2)CC1)N1CC=Cc2ccc(Oc3ccc(F)cc3F)cc2C1=O. The van der Waals surface area contributed by atoms with Crippen molar-refractivity contribution in [1.29, 1.82) is 0 Å². The first kappa shape index (κ1) is 29.4. The van der Waals surface area contributed by atoms with Crippen LogP contribution in [-0.4, -0.2) is 53.3 Å². The van der Waals surface area contributed by atoms with Crippen molar-refractivity contribution in [2.75, 3.05) is 19.6 Å². The lowest BCUT2D eigenvalue weighted by atomic mass is 9.97. The number of amides is 2. The van der Waals surface area contributed by atoms with E-state index in [1.165, 1.54) is 24.3 Å². The van der Waals surface area contributed by atoms with Gasteiger partial charge in [-0.1, -0.05) is 44.2 Å². The summed E-state index contributed by atoms with van der Waals surface area (Å²) in [5.74, 6) is -2.30. The van der Waals surface area contributed by atoms with Gasteiger partial charge in [-0.05, 0) is 66.3 Å². The van der Waals surface area contributed by atoms with Gasteiger partial charge in [0.05, 0.1) is 5.56 Å². The molecule has 0 aromatic heterocycles. The Bertz CT molecular complexity index is 1470. The number of rotatable bonds is 8. The minimum Gasteiger partial charge on any atom is -0.454 e. The molecule has 2 aliphatic rings.